The van der Waals surface area contributed by atoms with Crippen LogP contribution >= 0.6 is 0 Å². The van der Waals surface area contributed by atoms with Crippen LogP contribution in [0.2, 0.25) is 0 Å². The SMILES string of the molecule is COc1ccc2nc(-c3cccc([N+](=O)[O-])c3)cn2c1. The number of methoxy groups -OCH3 is 1. The van der Waals surface area contributed by atoms with Gasteiger partial charge in [-0.1, -0.05) is 12.1 Å². The van der Waals surface area contributed by atoms with Crippen molar-refractivity contribution in [2.45, 2.75) is 0 Å². The smallest absolute Gasteiger partial charge is 0.270 e. The standard InChI is InChI=1S/C14H11N3O3/c1-20-12-5-6-14-15-13(9-16(14)8-12)10-3-2-4-11(7-10)17(18)19/h2-9H,1H3. The Morgan fingerprint density at radius 3 is 2.85 bits per heavy atom. The molecule has 0 saturated heterocycles. The normalized spacial score (nSPS) is 10.7. The van der Waals surface area contributed by atoms with E-state index in [9.17, 15) is 10.1 Å². The number of hydrogen-bond donors (Lipinski definition) is 0. The molecule has 3 rings (SSSR count). The zero-order chi connectivity index (χ0) is 14.1. The Morgan fingerprint density at radius 2 is 2.10 bits per heavy atom. The summed E-state index contributed by atoms with van der Waals surface area (Å²) < 4.78 is 6.98. The van der Waals surface area contributed by atoms with Gasteiger partial charge < -0.3 is 9.14 Å². The number of nitro benzene ring substituents is 1. The first-order valence-electron chi connectivity index (χ1n) is 5.95. The van der Waals surface area contributed by atoms with Crippen LogP contribution in [0.1, 0.15) is 0 Å². The Bertz CT molecular complexity index is 795. The van der Waals surface area contributed by atoms with E-state index in [1.807, 2.05) is 28.9 Å². The van der Waals surface area contributed by atoms with Crippen LogP contribution in [-0.4, -0.2) is 21.4 Å². The molecule has 3 aromatic rings. The van der Waals surface area contributed by atoms with Gasteiger partial charge in [-0.05, 0) is 12.1 Å². The molecule has 0 amide bonds. The Hall–Kier alpha value is -2.89. The highest BCUT2D eigenvalue weighted by Gasteiger charge is 2.10. The van der Waals surface area contributed by atoms with Gasteiger partial charge in [0.05, 0.1) is 23.9 Å². The monoisotopic (exact) mass is 269 g/mol. The van der Waals surface area contributed by atoms with Crippen molar-refractivity contribution in [1.29, 1.82) is 0 Å². The van der Waals surface area contributed by atoms with Gasteiger partial charge in [0.2, 0.25) is 0 Å². The molecule has 2 aromatic heterocycles. The number of nitrogens with zero attached hydrogens (tertiary/aromatic N) is 3. The van der Waals surface area contributed by atoms with E-state index in [2.05, 4.69) is 4.98 Å². The second-order valence-corrected chi connectivity index (χ2v) is 4.27. The van der Waals surface area contributed by atoms with Gasteiger partial charge in [0.25, 0.3) is 5.69 Å². The molecule has 0 aliphatic rings. The first-order valence-corrected chi connectivity index (χ1v) is 5.95. The summed E-state index contributed by atoms with van der Waals surface area (Å²) in [5.74, 6) is 0.723. The molecule has 0 aliphatic carbocycles. The van der Waals surface area contributed by atoms with E-state index >= 15 is 0 Å². The topological polar surface area (TPSA) is 69.7 Å². The summed E-state index contributed by atoms with van der Waals surface area (Å²) in [6, 6.07) is 10.1. The highest BCUT2D eigenvalue weighted by molar-refractivity contribution is 5.65. The summed E-state index contributed by atoms with van der Waals surface area (Å²) in [6.45, 7) is 0. The molecular formula is C14H11N3O3. The molecule has 0 spiro atoms. The molecule has 0 unspecified atom stereocenters. The van der Waals surface area contributed by atoms with Crippen LogP contribution in [0.3, 0.4) is 0 Å². The molecule has 1 aromatic carbocycles. The first-order chi connectivity index (χ1) is 9.67. The third kappa shape index (κ3) is 2.07. The number of nitro groups is 1. The number of imidazole rings is 1. The summed E-state index contributed by atoms with van der Waals surface area (Å²) in [4.78, 5) is 14.8. The average Bonchev–Trinajstić information content (AvgIpc) is 2.90. The zero-order valence-corrected chi connectivity index (χ0v) is 10.7. The summed E-state index contributed by atoms with van der Waals surface area (Å²) in [6.07, 6.45) is 3.63. The number of ether oxygens (including phenoxy) is 1. The van der Waals surface area contributed by atoms with Crippen LogP contribution in [-0.2, 0) is 0 Å². The van der Waals surface area contributed by atoms with Crippen molar-refractivity contribution in [2.75, 3.05) is 7.11 Å². The van der Waals surface area contributed by atoms with Crippen molar-refractivity contribution in [1.82, 2.24) is 9.38 Å². The summed E-state index contributed by atoms with van der Waals surface area (Å²) >= 11 is 0. The molecule has 6 nitrogen and oxygen atoms in total. The Labute approximate surface area is 114 Å². The van der Waals surface area contributed by atoms with E-state index in [4.69, 9.17) is 4.74 Å². The number of hydrogen-bond acceptors (Lipinski definition) is 4. The maximum atomic E-state index is 10.8. The van der Waals surface area contributed by atoms with Gasteiger partial charge in [0, 0.05) is 23.9 Å². The van der Waals surface area contributed by atoms with Crippen LogP contribution in [0.25, 0.3) is 16.9 Å². The number of rotatable bonds is 3. The van der Waals surface area contributed by atoms with Gasteiger partial charge in [0.15, 0.2) is 0 Å². The molecule has 100 valence electrons. The largest absolute Gasteiger partial charge is 0.495 e. The molecule has 0 N–H and O–H groups in total. The number of non-ortho nitro benzene ring substituents is 1. The Balaban J connectivity index is 2.10. The van der Waals surface area contributed by atoms with E-state index in [1.54, 1.807) is 19.2 Å². The van der Waals surface area contributed by atoms with E-state index in [1.165, 1.54) is 12.1 Å². The highest BCUT2D eigenvalue weighted by atomic mass is 16.6. The summed E-state index contributed by atoms with van der Waals surface area (Å²) in [7, 11) is 1.60. The fourth-order valence-electron chi connectivity index (χ4n) is 2.01. The van der Waals surface area contributed by atoms with Crippen LogP contribution in [0.5, 0.6) is 5.75 Å². The zero-order valence-electron chi connectivity index (χ0n) is 10.7. The molecule has 0 fully saturated rings. The minimum Gasteiger partial charge on any atom is -0.495 e. The quantitative estimate of drug-likeness (QED) is 0.541. The maximum absolute atomic E-state index is 10.8. The van der Waals surface area contributed by atoms with E-state index in [0.717, 1.165) is 11.4 Å². The number of aromatic nitrogens is 2. The van der Waals surface area contributed by atoms with Crippen LogP contribution in [0, 0.1) is 10.1 Å². The van der Waals surface area contributed by atoms with Crippen molar-refractivity contribution in [3.05, 3.63) is 58.9 Å². The van der Waals surface area contributed by atoms with Crippen LogP contribution in [0.4, 0.5) is 5.69 Å². The van der Waals surface area contributed by atoms with Crippen molar-refractivity contribution in [3.63, 3.8) is 0 Å². The predicted octanol–water partition coefficient (Wildman–Crippen LogP) is 2.92. The number of benzene rings is 1. The van der Waals surface area contributed by atoms with E-state index in [-0.39, 0.29) is 5.69 Å². The number of pyridine rings is 1. The molecule has 0 atom stereocenters. The lowest BCUT2D eigenvalue weighted by atomic mass is 10.1. The van der Waals surface area contributed by atoms with Gasteiger partial charge >= 0.3 is 0 Å². The van der Waals surface area contributed by atoms with Crippen molar-refractivity contribution >= 4 is 11.3 Å². The van der Waals surface area contributed by atoms with E-state index < -0.39 is 4.92 Å². The lowest BCUT2D eigenvalue weighted by Gasteiger charge is -1.98. The van der Waals surface area contributed by atoms with Crippen molar-refractivity contribution in [3.8, 4) is 17.0 Å². The van der Waals surface area contributed by atoms with Crippen molar-refractivity contribution < 1.29 is 9.66 Å². The average molecular weight is 269 g/mol. The molecule has 20 heavy (non-hydrogen) atoms. The lowest BCUT2D eigenvalue weighted by Crippen LogP contribution is -1.87. The number of fused-ring (bicyclic) bond motifs is 1. The molecule has 2 heterocycles. The molecule has 0 bridgehead atoms. The second kappa shape index (κ2) is 4.65. The van der Waals surface area contributed by atoms with E-state index in [0.29, 0.717) is 11.3 Å². The second-order valence-electron chi connectivity index (χ2n) is 4.27. The summed E-state index contributed by atoms with van der Waals surface area (Å²) in [5.41, 5.74) is 2.20. The predicted molar refractivity (Wildman–Crippen MR) is 73.8 cm³/mol. The molecule has 0 saturated carbocycles. The third-order valence-electron chi connectivity index (χ3n) is 3.01. The van der Waals surface area contributed by atoms with Crippen LogP contribution in [0.15, 0.2) is 48.8 Å². The Kier molecular flexibility index (Phi) is 2.83. The lowest BCUT2D eigenvalue weighted by molar-refractivity contribution is -0.384. The molecular weight excluding hydrogens is 258 g/mol. The highest BCUT2D eigenvalue weighted by Crippen LogP contribution is 2.24. The fourth-order valence-corrected chi connectivity index (χ4v) is 2.01. The van der Waals surface area contributed by atoms with Gasteiger partial charge in [-0.2, -0.15) is 0 Å². The van der Waals surface area contributed by atoms with Gasteiger partial charge in [0.1, 0.15) is 11.4 Å². The van der Waals surface area contributed by atoms with Crippen molar-refractivity contribution in [2.24, 2.45) is 0 Å². The molecule has 0 aliphatic heterocycles. The maximum Gasteiger partial charge on any atom is 0.270 e. The third-order valence-corrected chi connectivity index (χ3v) is 3.01. The Morgan fingerprint density at radius 1 is 1.25 bits per heavy atom. The van der Waals surface area contributed by atoms with Gasteiger partial charge in [-0.15, -0.1) is 0 Å². The molecule has 6 heteroatoms. The van der Waals surface area contributed by atoms with Gasteiger partial charge in [-0.3, -0.25) is 10.1 Å². The fraction of sp³-hybridized carbons (Fsp3) is 0.0714. The molecule has 0 radical (unpaired) electrons. The minimum atomic E-state index is -0.414. The van der Waals surface area contributed by atoms with Crippen LogP contribution < -0.4 is 4.74 Å². The van der Waals surface area contributed by atoms with Gasteiger partial charge in [-0.25, -0.2) is 4.98 Å². The first kappa shape index (κ1) is 12.2. The minimum absolute atomic E-state index is 0.0529. The summed E-state index contributed by atoms with van der Waals surface area (Å²) in [5, 5.41) is 10.8.